The van der Waals surface area contributed by atoms with Crippen LogP contribution in [0.3, 0.4) is 0 Å². The summed E-state index contributed by atoms with van der Waals surface area (Å²) in [4.78, 5) is 0. The number of aromatic nitrogens is 2. The third kappa shape index (κ3) is 4.26. The molecule has 0 aliphatic rings. The first kappa shape index (κ1) is 13.1. The van der Waals surface area contributed by atoms with Crippen LogP contribution in [0.15, 0.2) is 12.3 Å². The van der Waals surface area contributed by atoms with Crippen molar-refractivity contribution in [2.75, 3.05) is 6.54 Å². The predicted molar refractivity (Wildman–Crippen MR) is 59.3 cm³/mol. The van der Waals surface area contributed by atoms with Gasteiger partial charge >= 0.3 is 6.55 Å². The second-order valence-electron chi connectivity index (χ2n) is 3.78. The molecule has 0 fully saturated rings. The van der Waals surface area contributed by atoms with Gasteiger partial charge in [0.25, 0.3) is 0 Å². The standard InChI is InChI=1S/C11H19F2N3/c1-2-3-4-5-7-14-9-10-6-8-15-16(10)11(12)13/h6,8,11,14H,2-5,7,9H2,1H3. The van der Waals surface area contributed by atoms with E-state index in [0.29, 0.717) is 12.2 Å². The molecule has 5 heteroatoms. The van der Waals surface area contributed by atoms with Crippen LogP contribution in [0.2, 0.25) is 0 Å². The number of alkyl halides is 2. The molecule has 0 unspecified atom stereocenters. The molecule has 92 valence electrons. The van der Waals surface area contributed by atoms with Crippen molar-refractivity contribution in [3.05, 3.63) is 18.0 Å². The number of unbranched alkanes of at least 4 members (excludes halogenated alkanes) is 3. The molecule has 3 nitrogen and oxygen atoms in total. The first-order chi connectivity index (χ1) is 7.75. The molecule has 1 N–H and O–H groups in total. The molecule has 1 rings (SSSR count). The summed E-state index contributed by atoms with van der Waals surface area (Å²) in [5.41, 5.74) is 0.533. The summed E-state index contributed by atoms with van der Waals surface area (Å²) in [6.45, 7) is 0.936. The van der Waals surface area contributed by atoms with Gasteiger partial charge in [-0.3, -0.25) is 0 Å². The molecular weight excluding hydrogens is 212 g/mol. The largest absolute Gasteiger partial charge is 0.333 e. The fraction of sp³-hybridized carbons (Fsp3) is 0.727. The fourth-order valence-electron chi connectivity index (χ4n) is 1.55. The van der Waals surface area contributed by atoms with Crippen molar-refractivity contribution in [3.63, 3.8) is 0 Å². The Kier molecular flexibility index (Phi) is 6.00. The third-order valence-corrected chi connectivity index (χ3v) is 2.45. The van der Waals surface area contributed by atoms with Crippen LogP contribution >= 0.6 is 0 Å². The Morgan fingerprint density at radius 1 is 1.38 bits per heavy atom. The van der Waals surface area contributed by atoms with Crippen molar-refractivity contribution in [2.45, 2.75) is 45.7 Å². The highest BCUT2D eigenvalue weighted by molar-refractivity contribution is 5.00. The minimum absolute atomic E-state index is 0.455. The Bertz CT molecular complexity index is 287. The number of nitrogens with zero attached hydrogens (tertiary/aromatic N) is 2. The van der Waals surface area contributed by atoms with Gasteiger partial charge in [-0.2, -0.15) is 13.9 Å². The lowest BCUT2D eigenvalue weighted by atomic mass is 10.2. The topological polar surface area (TPSA) is 29.9 Å². The highest BCUT2D eigenvalue weighted by atomic mass is 19.3. The van der Waals surface area contributed by atoms with Gasteiger partial charge in [0.1, 0.15) is 0 Å². The van der Waals surface area contributed by atoms with Gasteiger partial charge in [-0.1, -0.05) is 26.2 Å². The predicted octanol–water partition coefficient (Wildman–Crippen LogP) is 2.95. The molecular formula is C11H19F2N3. The molecule has 0 aliphatic heterocycles. The summed E-state index contributed by atoms with van der Waals surface area (Å²) in [6, 6.07) is 1.62. The van der Waals surface area contributed by atoms with Crippen molar-refractivity contribution in [3.8, 4) is 0 Å². The Labute approximate surface area is 94.8 Å². The van der Waals surface area contributed by atoms with Crippen molar-refractivity contribution in [1.82, 2.24) is 15.1 Å². The molecule has 1 heterocycles. The molecule has 16 heavy (non-hydrogen) atoms. The molecule has 1 aromatic heterocycles. The first-order valence-corrected chi connectivity index (χ1v) is 5.77. The van der Waals surface area contributed by atoms with Crippen LogP contribution in [0.1, 0.15) is 44.9 Å². The van der Waals surface area contributed by atoms with Crippen molar-refractivity contribution in [2.24, 2.45) is 0 Å². The van der Waals surface area contributed by atoms with E-state index < -0.39 is 6.55 Å². The maximum atomic E-state index is 12.4. The molecule has 0 saturated heterocycles. The average molecular weight is 231 g/mol. The monoisotopic (exact) mass is 231 g/mol. The zero-order chi connectivity index (χ0) is 11.8. The van der Waals surface area contributed by atoms with E-state index in [9.17, 15) is 8.78 Å². The number of halogens is 2. The van der Waals surface area contributed by atoms with E-state index in [0.717, 1.165) is 17.6 Å². The van der Waals surface area contributed by atoms with Gasteiger partial charge in [0.05, 0.1) is 5.69 Å². The van der Waals surface area contributed by atoms with Crippen LogP contribution in [0.5, 0.6) is 0 Å². The summed E-state index contributed by atoms with van der Waals surface area (Å²) >= 11 is 0. The van der Waals surface area contributed by atoms with Gasteiger partial charge in [-0.15, -0.1) is 0 Å². The third-order valence-electron chi connectivity index (χ3n) is 2.45. The lowest BCUT2D eigenvalue weighted by Gasteiger charge is -2.07. The van der Waals surface area contributed by atoms with Crippen LogP contribution < -0.4 is 5.32 Å². The maximum Gasteiger partial charge on any atom is 0.333 e. The van der Waals surface area contributed by atoms with Gasteiger partial charge in [-0.25, -0.2) is 4.68 Å². The van der Waals surface area contributed by atoms with Crippen LogP contribution in [-0.4, -0.2) is 16.3 Å². The quantitative estimate of drug-likeness (QED) is 0.697. The van der Waals surface area contributed by atoms with E-state index in [4.69, 9.17) is 0 Å². The zero-order valence-corrected chi connectivity index (χ0v) is 9.63. The fourth-order valence-corrected chi connectivity index (χ4v) is 1.55. The molecule has 0 radical (unpaired) electrons. The molecule has 0 spiro atoms. The number of hydrogen-bond donors (Lipinski definition) is 1. The molecule has 0 bridgehead atoms. The molecule has 0 saturated carbocycles. The van der Waals surface area contributed by atoms with Gasteiger partial charge in [-0.05, 0) is 19.0 Å². The van der Waals surface area contributed by atoms with E-state index in [2.05, 4.69) is 17.3 Å². The van der Waals surface area contributed by atoms with Gasteiger partial charge in [0, 0.05) is 12.7 Å². The lowest BCUT2D eigenvalue weighted by molar-refractivity contribution is 0.0531. The smallest absolute Gasteiger partial charge is 0.311 e. The molecule has 0 aromatic carbocycles. The SMILES string of the molecule is CCCCCCNCc1ccnn1C(F)F. The Morgan fingerprint density at radius 3 is 2.88 bits per heavy atom. The molecule has 0 amide bonds. The Hall–Kier alpha value is -0.970. The number of hydrogen-bond acceptors (Lipinski definition) is 2. The summed E-state index contributed by atoms with van der Waals surface area (Å²) in [6.07, 6.45) is 6.13. The summed E-state index contributed by atoms with van der Waals surface area (Å²) in [5.74, 6) is 0. The van der Waals surface area contributed by atoms with E-state index in [1.807, 2.05) is 0 Å². The molecule has 0 atom stereocenters. The summed E-state index contributed by atoms with van der Waals surface area (Å²) < 4.78 is 25.6. The van der Waals surface area contributed by atoms with Crippen LogP contribution in [0, 0.1) is 0 Å². The van der Waals surface area contributed by atoms with E-state index >= 15 is 0 Å². The Morgan fingerprint density at radius 2 is 2.19 bits per heavy atom. The van der Waals surface area contributed by atoms with Crippen LogP contribution in [0.25, 0.3) is 0 Å². The number of rotatable bonds is 8. The van der Waals surface area contributed by atoms with E-state index in [-0.39, 0.29) is 0 Å². The van der Waals surface area contributed by atoms with E-state index in [1.165, 1.54) is 25.5 Å². The van der Waals surface area contributed by atoms with Gasteiger partial charge < -0.3 is 5.32 Å². The summed E-state index contributed by atoms with van der Waals surface area (Å²) in [7, 11) is 0. The van der Waals surface area contributed by atoms with Crippen molar-refractivity contribution >= 4 is 0 Å². The normalized spacial score (nSPS) is 11.2. The van der Waals surface area contributed by atoms with Gasteiger partial charge in [0.2, 0.25) is 0 Å². The maximum absolute atomic E-state index is 12.4. The van der Waals surface area contributed by atoms with Crippen molar-refractivity contribution in [1.29, 1.82) is 0 Å². The second kappa shape index (κ2) is 7.33. The zero-order valence-electron chi connectivity index (χ0n) is 9.63. The summed E-state index contributed by atoms with van der Waals surface area (Å²) in [5, 5.41) is 6.72. The minimum atomic E-state index is -2.55. The molecule has 1 aromatic rings. The lowest BCUT2D eigenvalue weighted by Crippen LogP contribution is -2.18. The average Bonchev–Trinajstić information content (AvgIpc) is 2.71. The highest BCUT2D eigenvalue weighted by Gasteiger charge is 2.10. The van der Waals surface area contributed by atoms with Crippen LogP contribution in [0.4, 0.5) is 8.78 Å². The Balaban J connectivity index is 2.19. The highest BCUT2D eigenvalue weighted by Crippen LogP contribution is 2.11. The second-order valence-corrected chi connectivity index (χ2v) is 3.78. The first-order valence-electron chi connectivity index (χ1n) is 5.77. The van der Waals surface area contributed by atoms with Gasteiger partial charge in [0.15, 0.2) is 0 Å². The van der Waals surface area contributed by atoms with Crippen molar-refractivity contribution < 1.29 is 8.78 Å². The minimum Gasteiger partial charge on any atom is -0.311 e. The van der Waals surface area contributed by atoms with E-state index in [1.54, 1.807) is 6.07 Å². The molecule has 0 aliphatic carbocycles. The van der Waals surface area contributed by atoms with Crippen LogP contribution in [-0.2, 0) is 6.54 Å². The number of nitrogens with one attached hydrogen (secondary N) is 1.